The van der Waals surface area contributed by atoms with Crippen LogP contribution in [0.3, 0.4) is 0 Å². The highest BCUT2D eigenvalue weighted by atomic mass is 32.2. The Bertz CT molecular complexity index is 1260. The van der Waals surface area contributed by atoms with Crippen LogP contribution < -0.4 is 4.90 Å². The van der Waals surface area contributed by atoms with Crippen molar-refractivity contribution in [3.05, 3.63) is 48.0 Å². The molecule has 1 aromatic heterocycles. The van der Waals surface area contributed by atoms with Gasteiger partial charge in [0.25, 0.3) is 0 Å². The molecule has 9 heteroatoms. The molecule has 1 fully saturated rings. The molecule has 174 valence electrons. The van der Waals surface area contributed by atoms with Crippen LogP contribution in [-0.4, -0.2) is 53.3 Å². The Hall–Kier alpha value is -2.78. The van der Waals surface area contributed by atoms with Gasteiger partial charge in [0, 0.05) is 38.3 Å². The van der Waals surface area contributed by atoms with Gasteiger partial charge in [0.1, 0.15) is 5.52 Å². The van der Waals surface area contributed by atoms with Gasteiger partial charge in [-0.15, -0.1) is 5.10 Å². The van der Waals surface area contributed by atoms with Crippen molar-refractivity contribution in [1.29, 1.82) is 0 Å². The Morgan fingerprint density at radius 3 is 2.64 bits per heavy atom. The number of amides is 1. The molecule has 33 heavy (non-hydrogen) atoms. The van der Waals surface area contributed by atoms with Crippen LogP contribution in [0.4, 0.5) is 5.69 Å². The highest BCUT2D eigenvalue weighted by Gasteiger charge is 2.26. The molecule has 1 saturated heterocycles. The number of piperidine rings is 1. The van der Waals surface area contributed by atoms with E-state index in [1.54, 1.807) is 27.2 Å². The van der Waals surface area contributed by atoms with Gasteiger partial charge in [0.05, 0.1) is 10.4 Å². The maximum absolute atomic E-state index is 13.0. The Morgan fingerprint density at radius 1 is 0.970 bits per heavy atom. The second-order valence-corrected chi connectivity index (χ2v) is 10.7. The van der Waals surface area contributed by atoms with E-state index in [0.717, 1.165) is 49.9 Å². The van der Waals surface area contributed by atoms with Gasteiger partial charge in [-0.05, 0) is 61.9 Å². The van der Waals surface area contributed by atoms with Gasteiger partial charge in [0.15, 0.2) is 0 Å². The summed E-state index contributed by atoms with van der Waals surface area (Å²) in [6.45, 7) is 2.46. The first kappa shape index (κ1) is 22.0. The van der Waals surface area contributed by atoms with Crippen molar-refractivity contribution in [2.45, 2.75) is 56.4 Å². The van der Waals surface area contributed by atoms with E-state index in [2.05, 4.69) is 16.4 Å². The third-order valence-electron chi connectivity index (χ3n) is 6.61. The van der Waals surface area contributed by atoms with E-state index in [0.29, 0.717) is 38.0 Å². The average Bonchev–Trinajstić information content (AvgIpc) is 3.26. The first-order valence-corrected chi connectivity index (χ1v) is 13.2. The van der Waals surface area contributed by atoms with Gasteiger partial charge < -0.3 is 4.90 Å². The monoisotopic (exact) mass is 467 g/mol. The fraction of sp³-hybridized carbons (Fsp3) is 0.458. The van der Waals surface area contributed by atoms with Crippen molar-refractivity contribution in [2.24, 2.45) is 0 Å². The molecule has 0 spiro atoms. The summed E-state index contributed by atoms with van der Waals surface area (Å²) in [5, 5.41) is 8.40. The first-order valence-electron chi connectivity index (χ1n) is 11.8. The lowest BCUT2D eigenvalue weighted by Gasteiger charge is -2.29. The van der Waals surface area contributed by atoms with Crippen molar-refractivity contribution in [1.82, 2.24) is 19.3 Å². The number of benzene rings is 2. The molecule has 8 nitrogen and oxygen atoms in total. The molecule has 3 aromatic rings. The van der Waals surface area contributed by atoms with Crippen molar-refractivity contribution in [3.63, 3.8) is 0 Å². The molecule has 2 aliphatic heterocycles. The van der Waals surface area contributed by atoms with E-state index in [-0.39, 0.29) is 10.8 Å². The number of anilines is 1. The number of nitrogens with zero attached hydrogens (tertiary/aromatic N) is 5. The Kier molecular flexibility index (Phi) is 6.16. The predicted molar refractivity (Wildman–Crippen MR) is 126 cm³/mol. The van der Waals surface area contributed by atoms with Crippen LogP contribution in [-0.2, 0) is 27.8 Å². The molecule has 5 rings (SSSR count). The molecule has 2 aliphatic rings. The maximum Gasteiger partial charge on any atom is 0.243 e. The van der Waals surface area contributed by atoms with Gasteiger partial charge in [-0.25, -0.2) is 13.1 Å². The Balaban J connectivity index is 1.25. The molecule has 0 saturated carbocycles. The van der Waals surface area contributed by atoms with E-state index < -0.39 is 10.0 Å². The average molecular weight is 468 g/mol. The van der Waals surface area contributed by atoms with Crippen LogP contribution in [0.25, 0.3) is 11.0 Å². The quantitative estimate of drug-likeness (QED) is 0.555. The number of carbonyl (C=O) groups excluding carboxylic acids is 1. The molecule has 0 unspecified atom stereocenters. The summed E-state index contributed by atoms with van der Waals surface area (Å²) >= 11 is 0. The molecular formula is C24H29N5O3S. The second kappa shape index (κ2) is 9.23. The van der Waals surface area contributed by atoms with Gasteiger partial charge in [-0.1, -0.05) is 29.8 Å². The number of aryl methyl sites for hydroxylation is 2. The number of fused-ring (bicyclic) bond motifs is 2. The third kappa shape index (κ3) is 4.39. The van der Waals surface area contributed by atoms with E-state index in [4.69, 9.17) is 0 Å². The standard InChI is InChI=1S/C24H29N5O3S/c30-24(28-16-6-9-19-8-2-3-10-22(19)28)11-7-17-29-23-13-12-20(18-21(23)25-26-29)33(31,32)27-14-4-1-5-15-27/h2-3,8,10,12-13,18H,1,4-7,9,11,14-17H2. The lowest BCUT2D eigenvalue weighted by Crippen LogP contribution is -2.35. The SMILES string of the molecule is O=C(CCCn1nnc2cc(S(=O)(=O)N3CCCCC3)ccc21)N1CCCc2ccccc21. The fourth-order valence-electron chi connectivity index (χ4n) is 4.84. The molecule has 0 bridgehead atoms. The van der Waals surface area contributed by atoms with Gasteiger partial charge >= 0.3 is 0 Å². The maximum atomic E-state index is 13.0. The number of hydrogen-bond acceptors (Lipinski definition) is 5. The van der Waals surface area contributed by atoms with E-state index in [1.807, 2.05) is 23.1 Å². The Labute approximate surface area is 194 Å². The minimum absolute atomic E-state index is 0.126. The smallest absolute Gasteiger partial charge is 0.243 e. The summed E-state index contributed by atoms with van der Waals surface area (Å²) in [7, 11) is -3.50. The van der Waals surface area contributed by atoms with E-state index >= 15 is 0 Å². The number of aromatic nitrogens is 3. The number of carbonyl (C=O) groups is 1. The van der Waals surface area contributed by atoms with Crippen LogP contribution >= 0.6 is 0 Å². The minimum Gasteiger partial charge on any atom is -0.312 e. The predicted octanol–water partition coefficient (Wildman–Crippen LogP) is 3.37. The highest BCUT2D eigenvalue weighted by molar-refractivity contribution is 7.89. The number of rotatable bonds is 6. The van der Waals surface area contributed by atoms with Crippen molar-refractivity contribution >= 4 is 32.7 Å². The van der Waals surface area contributed by atoms with Crippen molar-refractivity contribution in [2.75, 3.05) is 24.5 Å². The molecule has 1 amide bonds. The minimum atomic E-state index is -3.50. The summed E-state index contributed by atoms with van der Waals surface area (Å²) in [6.07, 6.45) is 5.95. The van der Waals surface area contributed by atoms with Crippen molar-refractivity contribution in [3.8, 4) is 0 Å². The lowest BCUT2D eigenvalue weighted by molar-refractivity contribution is -0.118. The fourth-order valence-corrected chi connectivity index (χ4v) is 6.38. The van der Waals surface area contributed by atoms with Crippen LogP contribution in [0.15, 0.2) is 47.4 Å². The molecule has 2 aromatic carbocycles. The normalized spacial score (nSPS) is 17.3. The van der Waals surface area contributed by atoms with Gasteiger partial charge in [-0.3, -0.25) is 4.79 Å². The lowest BCUT2D eigenvalue weighted by atomic mass is 10.0. The number of hydrogen-bond donors (Lipinski definition) is 0. The summed E-state index contributed by atoms with van der Waals surface area (Å²) in [5.41, 5.74) is 3.60. The summed E-state index contributed by atoms with van der Waals surface area (Å²) in [4.78, 5) is 15.0. The van der Waals surface area contributed by atoms with E-state index in [1.165, 1.54) is 5.56 Å². The van der Waals surface area contributed by atoms with Crippen LogP contribution in [0.1, 0.15) is 44.1 Å². The number of para-hydroxylation sites is 1. The summed E-state index contributed by atoms with van der Waals surface area (Å²) in [6, 6.07) is 13.1. The van der Waals surface area contributed by atoms with Crippen LogP contribution in [0.2, 0.25) is 0 Å². The molecule has 0 N–H and O–H groups in total. The molecule has 0 radical (unpaired) electrons. The molecule has 0 atom stereocenters. The zero-order chi connectivity index (χ0) is 22.8. The van der Waals surface area contributed by atoms with E-state index in [9.17, 15) is 13.2 Å². The van der Waals surface area contributed by atoms with Crippen LogP contribution in [0, 0.1) is 0 Å². The molecular weight excluding hydrogens is 438 g/mol. The third-order valence-corrected chi connectivity index (χ3v) is 8.50. The number of sulfonamides is 1. The molecule has 3 heterocycles. The second-order valence-electron chi connectivity index (χ2n) is 8.81. The van der Waals surface area contributed by atoms with Crippen molar-refractivity contribution < 1.29 is 13.2 Å². The Morgan fingerprint density at radius 2 is 1.79 bits per heavy atom. The topological polar surface area (TPSA) is 88.4 Å². The molecule has 0 aliphatic carbocycles. The summed E-state index contributed by atoms with van der Waals surface area (Å²) < 4.78 is 29.2. The first-order chi connectivity index (χ1) is 16.0. The highest BCUT2D eigenvalue weighted by Crippen LogP contribution is 2.28. The largest absolute Gasteiger partial charge is 0.312 e. The summed E-state index contributed by atoms with van der Waals surface area (Å²) in [5.74, 6) is 0.126. The van der Waals surface area contributed by atoms with Crippen LogP contribution in [0.5, 0.6) is 0 Å². The van der Waals surface area contributed by atoms with Gasteiger partial charge in [-0.2, -0.15) is 4.31 Å². The van der Waals surface area contributed by atoms with Gasteiger partial charge in [0.2, 0.25) is 15.9 Å². The zero-order valence-corrected chi connectivity index (χ0v) is 19.5. The zero-order valence-electron chi connectivity index (χ0n) is 18.7.